The zero-order chi connectivity index (χ0) is 8.10. The Hall–Kier alpha value is -0.590. The fourth-order valence-electron chi connectivity index (χ4n) is 1.21. The van der Waals surface area contributed by atoms with Crippen molar-refractivity contribution >= 4 is 6.29 Å². The summed E-state index contributed by atoms with van der Waals surface area (Å²) >= 11 is 0. The Bertz CT molecular complexity index is 149. The summed E-state index contributed by atoms with van der Waals surface area (Å²) in [5, 5.41) is 0. The van der Waals surface area contributed by atoms with Crippen LogP contribution in [0.15, 0.2) is 12.2 Å². The van der Waals surface area contributed by atoms with Gasteiger partial charge in [0, 0.05) is 5.92 Å². The summed E-state index contributed by atoms with van der Waals surface area (Å²) in [6.07, 6.45) is 10.3. The molecule has 1 saturated carbocycles. The van der Waals surface area contributed by atoms with E-state index in [4.69, 9.17) is 0 Å². The number of carbonyl (C=O) groups excluding carboxylic acids is 1. The Kier molecular flexibility index (Phi) is 3.34. The average molecular weight is 152 g/mol. The van der Waals surface area contributed by atoms with Crippen molar-refractivity contribution in [2.24, 2.45) is 11.8 Å². The predicted octanol–water partition coefficient (Wildman–Crippen LogP) is 2.57. The molecule has 1 fully saturated rings. The molecule has 0 heterocycles. The quantitative estimate of drug-likeness (QED) is 0.336. The van der Waals surface area contributed by atoms with Crippen LogP contribution < -0.4 is 0 Å². The highest BCUT2D eigenvalue weighted by Gasteiger charge is 2.33. The highest BCUT2D eigenvalue weighted by atomic mass is 16.1. The van der Waals surface area contributed by atoms with E-state index < -0.39 is 0 Å². The minimum absolute atomic E-state index is 0.355. The summed E-state index contributed by atoms with van der Waals surface area (Å²) < 4.78 is 0. The molecule has 0 spiro atoms. The van der Waals surface area contributed by atoms with E-state index in [1.165, 1.54) is 19.3 Å². The van der Waals surface area contributed by atoms with Crippen LogP contribution in [0.2, 0.25) is 0 Å². The Balaban J connectivity index is 2.03. The molecule has 0 saturated heterocycles. The summed E-state index contributed by atoms with van der Waals surface area (Å²) in [6, 6.07) is 0. The lowest BCUT2D eigenvalue weighted by Gasteiger charge is -1.87. The van der Waals surface area contributed by atoms with E-state index in [1.54, 1.807) is 0 Å². The second-order valence-corrected chi connectivity index (χ2v) is 3.27. The summed E-state index contributed by atoms with van der Waals surface area (Å²) in [7, 11) is 0. The van der Waals surface area contributed by atoms with Crippen LogP contribution in [0.4, 0.5) is 0 Å². The zero-order valence-corrected chi connectivity index (χ0v) is 7.12. The summed E-state index contributed by atoms with van der Waals surface area (Å²) in [5.74, 6) is 0.942. The van der Waals surface area contributed by atoms with Gasteiger partial charge in [-0.05, 0) is 18.8 Å². The maximum absolute atomic E-state index is 10.2. The van der Waals surface area contributed by atoms with E-state index in [1.807, 2.05) is 0 Å². The molecule has 62 valence electrons. The average Bonchev–Trinajstić information content (AvgIpc) is 2.77. The lowest BCUT2D eigenvalue weighted by molar-refractivity contribution is -0.109. The summed E-state index contributed by atoms with van der Waals surface area (Å²) in [6.45, 7) is 2.19. The molecule has 0 aromatic heterocycles. The minimum Gasteiger partial charge on any atom is -0.303 e. The second-order valence-electron chi connectivity index (χ2n) is 3.27. The maximum Gasteiger partial charge on any atom is 0.123 e. The van der Waals surface area contributed by atoms with Gasteiger partial charge in [-0.2, -0.15) is 0 Å². The molecule has 0 N–H and O–H groups in total. The second kappa shape index (κ2) is 4.32. The SMILES string of the molecule is CCCC/C=C/[C@@H]1C[C@H]1C=O. The van der Waals surface area contributed by atoms with Gasteiger partial charge >= 0.3 is 0 Å². The number of unbranched alkanes of at least 4 members (excludes halogenated alkanes) is 2. The van der Waals surface area contributed by atoms with Gasteiger partial charge in [0.1, 0.15) is 6.29 Å². The van der Waals surface area contributed by atoms with Gasteiger partial charge in [0.05, 0.1) is 0 Å². The molecule has 11 heavy (non-hydrogen) atoms. The topological polar surface area (TPSA) is 17.1 Å². The van der Waals surface area contributed by atoms with Crippen molar-refractivity contribution in [1.29, 1.82) is 0 Å². The number of aldehydes is 1. The molecule has 0 unspecified atom stereocenters. The Morgan fingerprint density at radius 3 is 2.82 bits per heavy atom. The van der Waals surface area contributed by atoms with Gasteiger partial charge < -0.3 is 4.79 Å². The van der Waals surface area contributed by atoms with Gasteiger partial charge in [0.15, 0.2) is 0 Å². The first-order valence-corrected chi connectivity index (χ1v) is 4.50. The third kappa shape index (κ3) is 2.87. The van der Waals surface area contributed by atoms with Crippen molar-refractivity contribution in [2.45, 2.75) is 32.6 Å². The number of allylic oxidation sites excluding steroid dienone is 2. The first kappa shape index (κ1) is 8.51. The first-order chi connectivity index (χ1) is 5.38. The third-order valence-electron chi connectivity index (χ3n) is 2.17. The van der Waals surface area contributed by atoms with Gasteiger partial charge in [0.25, 0.3) is 0 Å². The van der Waals surface area contributed by atoms with Crippen LogP contribution in [0.5, 0.6) is 0 Å². The fourth-order valence-corrected chi connectivity index (χ4v) is 1.21. The molecule has 2 atom stereocenters. The van der Waals surface area contributed by atoms with Crippen LogP contribution in [-0.2, 0) is 4.79 Å². The van der Waals surface area contributed by atoms with E-state index in [-0.39, 0.29) is 0 Å². The molecule has 1 heteroatoms. The van der Waals surface area contributed by atoms with Crippen molar-refractivity contribution in [3.8, 4) is 0 Å². The highest BCUT2D eigenvalue weighted by Crippen LogP contribution is 2.37. The van der Waals surface area contributed by atoms with Crippen molar-refractivity contribution in [2.75, 3.05) is 0 Å². The Morgan fingerprint density at radius 1 is 1.45 bits per heavy atom. The van der Waals surface area contributed by atoms with Crippen LogP contribution in [0, 0.1) is 11.8 Å². The molecule has 1 nitrogen and oxygen atoms in total. The monoisotopic (exact) mass is 152 g/mol. The van der Waals surface area contributed by atoms with Gasteiger partial charge in [-0.1, -0.05) is 31.9 Å². The number of carbonyl (C=O) groups is 1. The van der Waals surface area contributed by atoms with E-state index in [0.29, 0.717) is 11.8 Å². The van der Waals surface area contributed by atoms with Gasteiger partial charge in [-0.25, -0.2) is 0 Å². The molecular formula is C10H16O. The van der Waals surface area contributed by atoms with Crippen LogP contribution >= 0.6 is 0 Å². The molecule has 1 aliphatic rings. The lowest BCUT2D eigenvalue weighted by Crippen LogP contribution is -1.77. The smallest absolute Gasteiger partial charge is 0.123 e. The van der Waals surface area contributed by atoms with Crippen molar-refractivity contribution in [3.63, 3.8) is 0 Å². The maximum atomic E-state index is 10.2. The van der Waals surface area contributed by atoms with Crippen molar-refractivity contribution in [1.82, 2.24) is 0 Å². The van der Waals surface area contributed by atoms with Crippen molar-refractivity contribution in [3.05, 3.63) is 12.2 Å². The molecule has 0 aromatic rings. The number of rotatable bonds is 5. The largest absolute Gasteiger partial charge is 0.303 e. The fraction of sp³-hybridized carbons (Fsp3) is 0.700. The zero-order valence-electron chi connectivity index (χ0n) is 7.12. The van der Waals surface area contributed by atoms with Crippen LogP contribution in [0.25, 0.3) is 0 Å². The predicted molar refractivity (Wildman–Crippen MR) is 46.3 cm³/mol. The van der Waals surface area contributed by atoms with Gasteiger partial charge in [-0.15, -0.1) is 0 Å². The molecular weight excluding hydrogens is 136 g/mol. The third-order valence-corrected chi connectivity index (χ3v) is 2.17. The normalized spacial score (nSPS) is 29.2. The van der Waals surface area contributed by atoms with Gasteiger partial charge in [0.2, 0.25) is 0 Å². The van der Waals surface area contributed by atoms with Crippen LogP contribution in [0.1, 0.15) is 32.6 Å². The molecule has 0 aromatic carbocycles. The van der Waals surface area contributed by atoms with Crippen molar-refractivity contribution < 1.29 is 4.79 Å². The highest BCUT2D eigenvalue weighted by molar-refractivity contribution is 5.59. The molecule has 0 amide bonds. The number of hydrogen-bond donors (Lipinski definition) is 0. The molecule has 0 radical (unpaired) electrons. The molecule has 1 rings (SSSR count). The van der Waals surface area contributed by atoms with E-state index >= 15 is 0 Å². The Labute approximate surface area is 68.5 Å². The molecule has 0 aliphatic heterocycles. The van der Waals surface area contributed by atoms with Crippen LogP contribution in [-0.4, -0.2) is 6.29 Å². The molecule has 0 bridgehead atoms. The van der Waals surface area contributed by atoms with Crippen LogP contribution in [0.3, 0.4) is 0 Å². The summed E-state index contributed by atoms with van der Waals surface area (Å²) in [4.78, 5) is 10.2. The number of hydrogen-bond acceptors (Lipinski definition) is 1. The van der Waals surface area contributed by atoms with Gasteiger partial charge in [-0.3, -0.25) is 0 Å². The van der Waals surface area contributed by atoms with E-state index in [9.17, 15) is 4.79 Å². The lowest BCUT2D eigenvalue weighted by atomic mass is 10.2. The molecule has 1 aliphatic carbocycles. The summed E-state index contributed by atoms with van der Waals surface area (Å²) in [5.41, 5.74) is 0. The standard InChI is InChI=1S/C10H16O/c1-2-3-4-5-6-9-7-10(9)8-11/h5-6,8-10H,2-4,7H2,1H3/b6-5+/t9-,10+/m1/s1. The Morgan fingerprint density at radius 2 is 2.27 bits per heavy atom. The minimum atomic E-state index is 0.355. The van der Waals surface area contributed by atoms with E-state index in [0.717, 1.165) is 12.7 Å². The first-order valence-electron chi connectivity index (χ1n) is 4.50. The van der Waals surface area contributed by atoms with E-state index in [2.05, 4.69) is 19.1 Å².